The van der Waals surface area contributed by atoms with Crippen molar-refractivity contribution in [2.24, 2.45) is 5.73 Å². The summed E-state index contributed by atoms with van der Waals surface area (Å²) in [6.07, 6.45) is 5.43. The molecule has 1 saturated heterocycles. The molecule has 2 atom stereocenters. The van der Waals surface area contributed by atoms with Crippen molar-refractivity contribution in [2.45, 2.75) is 70.1 Å². The molecule has 2 aliphatic rings. The second-order valence-corrected chi connectivity index (χ2v) is 11.1. The van der Waals surface area contributed by atoms with E-state index in [-0.39, 0.29) is 42.7 Å². The molecule has 1 unspecified atom stereocenters. The van der Waals surface area contributed by atoms with E-state index >= 15 is 4.39 Å². The van der Waals surface area contributed by atoms with Gasteiger partial charge >= 0.3 is 0 Å². The van der Waals surface area contributed by atoms with E-state index in [9.17, 15) is 14.7 Å². The number of nitrogens with two attached hydrogens (primary N) is 1. The number of amides is 2. The molecule has 10 nitrogen and oxygen atoms in total. The average Bonchev–Trinajstić information content (AvgIpc) is 3.60. The van der Waals surface area contributed by atoms with Crippen LogP contribution in [0, 0.1) is 0 Å². The Morgan fingerprint density at radius 2 is 1.93 bits per heavy atom. The number of pyridine rings is 1. The number of hydrogen-bond acceptors (Lipinski definition) is 7. The zero-order valence-electron chi connectivity index (χ0n) is 22.6. The van der Waals surface area contributed by atoms with E-state index in [1.807, 2.05) is 0 Å². The highest BCUT2D eigenvalue weighted by Crippen LogP contribution is 2.30. The Bertz CT molecular complexity index is 1370. The monoisotopic (exact) mass is 551 g/mol. The summed E-state index contributed by atoms with van der Waals surface area (Å²) in [6, 6.07) is 8.48. The number of carbonyl (C=O) groups excluding carboxylic acids is 2. The number of aromatic nitrogens is 3. The Labute approximate surface area is 231 Å². The number of ether oxygens (including phenoxy) is 2. The summed E-state index contributed by atoms with van der Waals surface area (Å²) >= 11 is 0. The maximum absolute atomic E-state index is 15.2. The molecule has 2 fully saturated rings. The van der Waals surface area contributed by atoms with Crippen LogP contribution in [0.5, 0.6) is 11.5 Å². The van der Waals surface area contributed by atoms with Crippen LogP contribution in [-0.4, -0.2) is 73.7 Å². The van der Waals surface area contributed by atoms with Gasteiger partial charge in [-0.1, -0.05) is 6.07 Å². The summed E-state index contributed by atoms with van der Waals surface area (Å²) in [5.74, 6) is -0.0449. The van der Waals surface area contributed by atoms with Gasteiger partial charge in [0.25, 0.3) is 5.91 Å². The van der Waals surface area contributed by atoms with Crippen LogP contribution in [0.3, 0.4) is 0 Å². The Balaban J connectivity index is 1.19. The van der Waals surface area contributed by atoms with E-state index in [1.54, 1.807) is 67.5 Å². The van der Waals surface area contributed by atoms with Gasteiger partial charge in [-0.2, -0.15) is 5.10 Å². The maximum Gasteiger partial charge on any atom is 0.252 e. The van der Waals surface area contributed by atoms with E-state index in [0.717, 1.165) is 18.4 Å². The number of nitrogens with zero attached hydrogens (tertiary/aromatic N) is 4. The molecule has 0 radical (unpaired) electrons. The fourth-order valence-corrected chi connectivity index (χ4v) is 4.64. The lowest BCUT2D eigenvalue weighted by Gasteiger charge is -2.35. The van der Waals surface area contributed by atoms with Crippen LogP contribution in [-0.2, 0) is 17.8 Å². The van der Waals surface area contributed by atoms with Crippen molar-refractivity contribution < 1.29 is 28.6 Å². The van der Waals surface area contributed by atoms with Crippen molar-refractivity contribution in [3.63, 3.8) is 0 Å². The number of hydrogen-bond donors (Lipinski definition) is 2. The minimum Gasteiger partial charge on any atom is -0.489 e. The van der Waals surface area contributed by atoms with Gasteiger partial charge in [-0.05, 0) is 56.5 Å². The molecular formula is C29H34FN5O5. The average molecular weight is 552 g/mol. The third-order valence-electron chi connectivity index (χ3n) is 6.83. The van der Waals surface area contributed by atoms with Gasteiger partial charge < -0.3 is 25.2 Å². The number of rotatable bonds is 10. The van der Waals surface area contributed by atoms with Gasteiger partial charge in [0.15, 0.2) is 6.17 Å². The smallest absolute Gasteiger partial charge is 0.252 e. The molecule has 1 saturated carbocycles. The fourth-order valence-electron chi connectivity index (χ4n) is 4.64. The minimum absolute atomic E-state index is 0.0711. The number of alkyl halides is 1. The lowest BCUT2D eigenvalue weighted by Crippen LogP contribution is -2.49. The van der Waals surface area contributed by atoms with Gasteiger partial charge in [-0.25, -0.2) is 4.39 Å². The minimum atomic E-state index is -1.44. The Morgan fingerprint density at radius 3 is 2.58 bits per heavy atom. The second-order valence-electron chi connectivity index (χ2n) is 11.1. The standard InChI is InChI=1S/C29H34FN5O5/c1-29(2,38)17-35-15-19(13-33-35)18-3-8-25(23(11-18)28(31)37)40-26-9-10-34(16-24(26)30)27(36)12-20-4-5-22(14-32-20)39-21-6-7-21/h3-5,8,11,13-15,21,24,26,38H,6-7,9-10,12,16-17H2,1-2H3,(H2,31,37)/t24?,26-/m0/s1. The van der Waals surface area contributed by atoms with Gasteiger partial charge in [0.2, 0.25) is 5.91 Å². The first-order valence-electron chi connectivity index (χ1n) is 13.4. The second kappa shape index (κ2) is 11.2. The van der Waals surface area contributed by atoms with Crippen LogP contribution < -0.4 is 15.2 Å². The van der Waals surface area contributed by atoms with E-state index in [2.05, 4.69) is 10.1 Å². The first-order chi connectivity index (χ1) is 19.0. The van der Waals surface area contributed by atoms with E-state index in [4.69, 9.17) is 15.2 Å². The fraction of sp³-hybridized carbons (Fsp3) is 0.448. The summed E-state index contributed by atoms with van der Waals surface area (Å²) in [4.78, 5) is 30.8. The quantitative estimate of drug-likeness (QED) is 0.396. The van der Waals surface area contributed by atoms with Gasteiger partial charge in [0, 0.05) is 30.4 Å². The van der Waals surface area contributed by atoms with Crippen LogP contribution in [0.2, 0.25) is 0 Å². The van der Waals surface area contributed by atoms with Crippen molar-refractivity contribution in [3.05, 3.63) is 60.2 Å². The Morgan fingerprint density at radius 1 is 1.12 bits per heavy atom. The van der Waals surface area contributed by atoms with Crippen molar-refractivity contribution in [1.29, 1.82) is 0 Å². The van der Waals surface area contributed by atoms with Gasteiger partial charge in [-0.15, -0.1) is 0 Å². The zero-order chi connectivity index (χ0) is 28.4. The third-order valence-corrected chi connectivity index (χ3v) is 6.83. The summed E-state index contributed by atoms with van der Waals surface area (Å²) < 4.78 is 28.4. The highest BCUT2D eigenvalue weighted by atomic mass is 19.1. The van der Waals surface area contributed by atoms with Crippen molar-refractivity contribution in [2.75, 3.05) is 13.1 Å². The summed E-state index contributed by atoms with van der Waals surface area (Å²) in [6.45, 7) is 3.87. The van der Waals surface area contributed by atoms with Gasteiger partial charge in [0.05, 0.1) is 49.2 Å². The highest BCUT2D eigenvalue weighted by molar-refractivity contribution is 5.97. The Kier molecular flexibility index (Phi) is 7.75. The number of benzene rings is 1. The zero-order valence-corrected chi connectivity index (χ0v) is 22.6. The molecule has 3 heterocycles. The molecule has 2 aromatic heterocycles. The largest absolute Gasteiger partial charge is 0.489 e. The number of halogens is 1. The Hall–Kier alpha value is -3.99. The van der Waals surface area contributed by atoms with Crippen molar-refractivity contribution in [3.8, 4) is 22.6 Å². The molecule has 3 N–H and O–H groups in total. The summed E-state index contributed by atoms with van der Waals surface area (Å²) in [5, 5.41) is 14.3. The highest BCUT2D eigenvalue weighted by Gasteiger charge is 2.34. The van der Waals surface area contributed by atoms with E-state index < -0.39 is 23.8 Å². The number of likely N-dealkylation sites (tertiary alicyclic amines) is 1. The number of carbonyl (C=O) groups is 2. The molecule has 2 amide bonds. The first kappa shape index (κ1) is 27.6. The molecule has 212 valence electrons. The van der Waals surface area contributed by atoms with Crippen molar-refractivity contribution >= 4 is 11.8 Å². The molecule has 1 aliphatic carbocycles. The molecule has 0 spiro atoms. The van der Waals surface area contributed by atoms with Crippen LogP contribution in [0.4, 0.5) is 4.39 Å². The van der Waals surface area contributed by atoms with E-state index in [0.29, 0.717) is 30.1 Å². The molecule has 40 heavy (non-hydrogen) atoms. The molecule has 1 aromatic carbocycles. The normalized spacial score (nSPS) is 19.4. The number of piperidine rings is 1. The van der Waals surface area contributed by atoms with Crippen LogP contribution >= 0.6 is 0 Å². The topological polar surface area (TPSA) is 133 Å². The predicted octanol–water partition coefficient (Wildman–Crippen LogP) is 2.92. The SMILES string of the molecule is CC(C)(O)Cn1cc(-c2ccc(O[C@H]3CCN(C(=O)Cc4ccc(OC5CC5)cn4)CC3F)c(C(N)=O)c2)cn1. The summed E-state index contributed by atoms with van der Waals surface area (Å²) in [5.41, 5.74) is 6.82. The third kappa shape index (κ3) is 6.95. The first-order valence-corrected chi connectivity index (χ1v) is 13.4. The molecule has 3 aromatic rings. The molecule has 5 rings (SSSR count). The maximum atomic E-state index is 15.2. The molecular weight excluding hydrogens is 517 g/mol. The molecule has 1 aliphatic heterocycles. The summed E-state index contributed by atoms with van der Waals surface area (Å²) in [7, 11) is 0. The van der Waals surface area contributed by atoms with Crippen LogP contribution in [0.15, 0.2) is 48.9 Å². The van der Waals surface area contributed by atoms with Crippen LogP contribution in [0.25, 0.3) is 11.1 Å². The molecule has 11 heteroatoms. The lowest BCUT2D eigenvalue weighted by molar-refractivity contribution is -0.134. The predicted molar refractivity (Wildman–Crippen MR) is 145 cm³/mol. The van der Waals surface area contributed by atoms with Gasteiger partial charge in [0.1, 0.15) is 17.6 Å². The van der Waals surface area contributed by atoms with E-state index in [1.165, 1.54) is 4.90 Å². The van der Waals surface area contributed by atoms with Crippen LogP contribution in [0.1, 0.15) is 49.2 Å². The lowest BCUT2D eigenvalue weighted by atomic mass is 10.0. The number of aliphatic hydroxyl groups is 1. The number of primary amides is 1. The van der Waals surface area contributed by atoms with Crippen molar-refractivity contribution in [1.82, 2.24) is 19.7 Å². The van der Waals surface area contributed by atoms with Gasteiger partial charge in [-0.3, -0.25) is 19.3 Å². The molecule has 0 bridgehead atoms.